The molecule has 62 valence electrons. The lowest BCUT2D eigenvalue weighted by atomic mass is 9.98. The van der Waals surface area contributed by atoms with E-state index in [9.17, 15) is 4.39 Å². The van der Waals surface area contributed by atoms with Crippen LogP contribution in [0.1, 0.15) is 20.3 Å². The van der Waals surface area contributed by atoms with Gasteiger partial charge in [-0.15, -0.1) is 0 Å². The molecule has 2 heteroatoms. The van der Waals surface area contributed by atoms with E-state index in [1.165, 1.54) is 7.11 Å². The third-order valence-electron chi connectivity index (χ3n) is 2.16. The lowest BCUT2D eigenvalue weighted by molar-refractivity contribution is 0.111. The Morgan fingerprint density at radius 3 is 2.73 bits per heavy atom. The Morgan fingerprint density at radius 2 is 2.18 bits per heavy atom. The minimum Gasteiger partial charge on any atom is -0.374 e. The fraction of sp³-hybridized carbons (Fsp3) is 0.556. The molecular weight excluding hydrogens is 143 g/mol. The van der Waals surface area contributed by atoms with Gasteiger partial charge in [-0.05, 0) is 31.4 Å². The molecule has 0 aromatic rings. The van der Waals surface area contributed by atoms with Crippen molar-refractivity contribution in [3.8, 4) is 0 Å². The first-order valence-corrected chi connectivity index (χ1v) is 3.73. The lowest BCUT2D eigenvalue weighted by Crippen LogP contribution is -2.15. The Balaban J connectivity index is 2.88. The van der Waals surface area contributed by atoms with Crippen molar-refractivity contribution in [2.45, 2.75) is 26.4 Å². The van der Waals surface area contributed by atoms with Crippen LogP contribution in [0.2, 0.25) is 0 Å². The van der Waals surface area contributed by atoms with E-state index in [0.717, 1.165) is 11.1 Å². The highest BCUT2D eigenvalue weighted by atomic mass is 19.1. The molecule has 0 spiro atoms. The first-order valence-electron chi connectivity index (χ1n) is 3.73. The number of ether oxygens (including phenoxy) is 1. The van der Waals surface area contributed by atoms with Crippen LogP contribution in [-0.4, -0.2) is 13.2 Å². The molecule has 1 rings (SSSR count). The fourth-order valence-corrected chi connectivity index (χ4v) is 1.17. The zero-order chi connectivity index (χ0) is 8.43. The van der Waals surface area contributed by atoms with Crippen molar-refractivity contribution < 1.29 is 9.13 Å². The predicted octanol–water partition coefficient (Wildman–Crippen LogP) is 2.59. The molecule has 0 amide bonds. The van der Waals surface area contributed by atoms with Crippen LogP contribution in [0.5, 0.6) is 0 Å². The maximum Gasteiger partial charge on any atom is 0.132 e. The second-order valence-corrected chi connectivity index (χ2v) is 2.82. The van der Waals surface area contributed by atoms with Gasteiger partial charge in [0, 0.05) is 7.11 Å². The lowest BCUT2D eigenvalue weighted by Gasteiger charge is -2.19. The third kappa shape index (κ3) is 1.51. The number of hydrogen-bond donors (Lipinski definition) is 0. The molecule has 0 aromatic carbocycles. The summed E-state index contributed by atoms with van der Waals surface area (Å²) in [4.78, 5) is 0. The van der Waals surface area contributed by atoms with E-state index in [0.29, 0.717) is 6.42 Å². The maximum absolute atomic E-state index is 13.2. The van der Waals surface area contributed by atoms with Crippen LogP contribution in [0.15, 0.2) is 23.0 Å². The average molecular weight is 156 g/mol. The molecule has 0 aliphatic heterocycles. The SMILES string of the molecule is COC1CC=C(C)C(C)=C1F. The summed E-state index contributed by atoms with van der Waals surface area (Å²) in [6.45, 7) is 3.70. The van der Waals surface area contributed by atoms with Crippen LogP contribution in [-0.2, 0) is 4.74 Å². The molecule has 0 saturated heterocycles. The molecule has 1 aliphatic rings. The molecular formula is C9H13FO. The van der Waals surface area contributed by atoms with E-state index in [4.69, 9.17) is 4.74 Å². The molecule has 0 aromatic heterocycles. The Labute approximate surface area is 66.6 Å². The zero-order valence-electron chi connectivity index (χ0n) is 7.15. The van der Waals surface area contributed by atoms with Gasteiger partial charge in [-0.1, -0.05) is 6.08 Å². The molecule has 0 fully saturated rings. The monoisotopic (exact) mass is 156 g/mol. The topological polar surface area (TPSA) is 9.23 Å². The summed E-state index contributed by atoms with van der Waals surface area (Å²) >= 11 is 0. The van der Waals surface area contributed by atoms with E-state index < -0.39 is 0 Å². The smallest absolute Gasteiger partial charge is 0.132 e. The van der Waals surface area contributed by atoms with Gasteiger partial charge < -0.3 is 4.74 Å². The van der Waals surface area contributed by atoms with Gasteiger partial charge >= 0.3 is 0 Å². The average Bonchev–Trinajstić information content (AvgIpc) is 2.01. The quantitative estimate of drug-likeness (QED) is 0.567. The highest BCUT2D eigenvalue weighted by Gasteiger charge is 2.19. The standard InChI is InChI=1S/C9H13FO/c1-6-4-5-8(11-3)9(10)7(6)2/h4,8H,5H2,1-3H3. The Morgan fingerprint density at radius 1 is 1.55 bits per heavy atom. The van der Waals surface area contributed by atoms with E-state index in [1.807, 2.05) is 13.0 Å². The number of hydrogen-bond acceptors (Lipinski definition) is 1. The van der Waals surface area contributed by atoms with Gasteiger partial charge in [0.1, 0.15) is 11.9 Å². The van der Waals surface area contributed by atoms with Gasteiger partial charge in [-0.2, -0.15) is 0 Å². The first kappa shape index (κ1) is 8.47. The molecule has 1 aliphatic carbocycles. The van der Waals surface area contributed by atoms with Crippen LogP contribution in [0.3, 0.4) is 0 Å². The summed E-state index contributed by atoms with van der Waals surface area (Å²) in [5.74, 6) is -0.118. The molecule has 0 heterocycles. The molecule has 0 N–H and O–H groups in total. The van der Waals surface area contributed by atoms with Gasteiger partial charge in [0.25, 0.3) is 0 Å². The summed E-state index contributed by atoms with van der Waals surface area (Å²) in [6, 6.07) is 0. The summed E-state index contributed by atoms with van der Waals surface area (Å²) in [7, 11) is 1.53. The molecule has 1 nitrogen and oxygen atoms in total. The van der Waals surface area contributed by atoms with Crippen molar-refractivity contribution in [2.75, 3.05) is 7.11 Å². The van der Waals surface area contributed by atoms with Crippen molar-refractivity contribution in [2.24, 2.45) is 0 Å². The van der Waals surface area contributed by atoms with Crippen LogP contribution < -0.4 is 0 Å². The van der Waals surface area contributed by atoms with Crippen molar-refractivity contribution in [1.29, 1.82) is 0 Å². The highest BCUT2D eigenvalue weighted by molar-refractivity contribution is 5.34. The number of methoxy groups -OCH3 is 1. The number of allylic oxidation sites excluding steroid dienone is 2. The van der Waals surface area contributed by atoms with Crippen LogP contribution in [0.4, 0.5) is 4.39 Å². The van der Waals surface area contributed by atoms with Gasteiger partial charge in [0.15, 0.2) is 0 Å². The second kappa shape index (κ2) is 3.18. The summed E-state index contributed by atoms with van der Waals surface area (Å²) in [5.41, 5.74) is 1.75. The Hall–Kier alpha value is -0.630. The van der Waals surface area contributed by atoms with E-state index in [-0.39, 0.29) is 11.9 Å². The van der Waals surface area contributed by atoms with Crippen molar-refractivity contribution in [3.63, 3.8) is 0 Å². The third-order valence-corrected chi connectivity index (χ3v) is 2.16. The van der Waals surface area contributed by atoms with Crippen LogP contribution in [0.25, 0.3) is 0 Å². The minimum absolute atomic E-state index is 0.118. The van der Waals surface area contributed by atoms with E-state index in [1.54, 1.807) is 6.92 Å². The molecule has 1 unspecified atom stereocenters. The van der Waals surface area contributed by atoms with Crippen LogP contribution in [0, 0.1) is 0 Å². The summed E-state index contributed by atoms with van der Waals surface area (Å²) < 4.78 is 18.2. The largest absolute Gasteiger partial charge is 0.374 e. The van der Waals surface area contributed by atoms with Crippen LogP contribution >= 0.6 is 0 Å². The predicted molar refractivity (Wildman–Crippen MR) is 43.0 cm³/mol. The normalized spacial score (nSPS) is 25.5. The van der Waals surface area contributed by atoms with E-state index in [2.05, 4.69) is 0 Å². The maximum atomic E-state index is 13.2. The van der Waals surface area contributed by atoms with Crippen molar-refractivity contribution in [1.82, 2.24) is 0 Å². The number of rotatable bonds is 1. The Bertz CT molecular complexity index is 216. The second-order valence-electron chi connectivity index (χ2n) is 2.82. The highest BCUT2D eigenvalue weighted by Crippen LogP contribution is 2.27. The zero-order valence-corrected chi connectivity index (χ0v) is 7.15. The fourth-order valence-electron chi connectivity index (χ4n) is 1.17. The summed E-state index contributed by atoms with van der Waals surface area (Å²) in [6.07, 6.45) is 2.32. The Kier molecular flexibility index (Phi) is 2.45. The van der Waals surface area contributed by atoms with Gasteiger partial charge in [-0.3, -0.25) is 0 Å². The molecule has 0 saturated carbocycles. The molecule has 0 bridgehead atoms. The molecule has 11 heavy (non-hydrogen) atoms. The van der Waals surface area contributed by atoms with Crippen molar-refractivity contribution in [3.05, 3.63) is 23.0 Å². The first-order chi connectivity index (χ1) is 5.16. The molecule has 0 radical (unpaired) electrons. The molecule has 1 atom stereocenters. The minimum atomic E-state index is -0.348. The van der Waals surface area contributed by atoms with Crippen molar-refractivity contribution >= 4 is 0 Å². The van der Waals surface area contributed by atoms with Gasteiger partial charge in [-0.25, -0.2) is 4.39 Å². The van der Waals surface area contributed by atoms with Gasteiger partial charge in [0.2, 0.25) is 0 Å². The van der Waals surface area contributed by atoms with E-state index >= 15 is 0 Å². The number of halogens is 1. The summed E-state index contributed by atoms with van der Waals surface area (Å²) in [5, 5.41) is 0. The van der Waals surface area contributed by atoms with Gasteiger partial charge in [0.05, 0.1) is 0 Å².